The van der Waals surface area contributed by atoms with Gasteiger partial charge in [-0.15, -0.1) is 0 Å². The van der Waals surface area contributed by atoms with Gasteiger partial charge in [-0.3, -0.25) is 0 Å². The van der Waals surface area contributed by atoms with Gasteiger partial charge in [-0.1, -0.05) is 0 Å². The standard InChI is InChI=1S/C23H17.C13H9.2ClH.Zr/c1-3-9-18(10-4-1)21-15-22(19-11-5-2-6-12-19)17-23(16-21)20-13-7-8-14-20;1-3-7-12-10(5-1)9-11-6-2-4-8-13(11)12;;;/h1-7,9-13,15-17H,8H2;1-9H;2*1H;/q;;;;+2/p-2. The van der Waals surface area contributed by atoms with Crippen LogP contribution in [0.25, 0.3) is 39.0 Å². The largest absolute Gasteiger partial charge is 1.00 e. The van der Waals surface area contributed by atoms with Gasteiger partial charge >= 0.3 is 232 Å². The first kappa shape index (κ1) is 27.6. The van der Waals surface area contributed by atoms with E-state index in [0.717, 1.165) is 6.42 Å². The minimum Gasteiger partial charge on any atom is -1.00 e. The predicted octanol–water partition coefficient (Wildman–Crippen LogP) is 3.55. The zero-order chi connectivity index (χ0) is 24.6. The summed E-state index contributed by atoms with van der Waals surface area (Å²) in [6.07, 6.45) is 5.87. The summed E-state index contributed by atoms with van der Waals surface area (Å²) in [5.41, 5.74) is 13.9. The Morgan fingerprint density at radius 2 is 0.949 bits per heavy atom. The molecular weight excluding hydrogens is 595 g/mol. The summed E-state index contributed by atoms with van der Waals surface area (Å²) >= 11 is -0.942. The Balaban J connectivity index is 0.00000154. The van der Waals surface area contributed by atoms with Crippen molar-refractivity contribution in [1.82, 2.24) is 0 Å². The zero-order valence-corrected chi connectivity index (χ0v) is 25.3. The van der Waals surface area contributed by atoms with Gasteiger partial charge < -0.3 is 24.8 Å². The maximum absolute atomic E-state index is 2.41. The molecule has 0 spiro atoms. The summed E-state index contributed by atoms with van der Waals surface area (Å²) in [5.74, 6) is 0. The first-order valence-electron chi connectivity index (χ1n) is 13.0. The Labute approximate surface area is 254 Å². The Bertz CT molecular complexity index is 1570. The van der Waals surface area contributed by atoms with Crippen molar-refractivity contribution in [2.45, 2.75) is 10.0 Å². The fourth-order valence-corrected chi connectivity index (χ4v) is 10.2. The molecule has 3 heteroatoms. The van der Waals surface area contributed by atoms with E-state index in [1.807, 2.05) is 0 Å². The number of rotatable bonds is 5. The van der Waals surface area contributed by atoms with Crippen LogP contribution in [-0.4, -0.2) is 0 Å². The van der Waals surface area contributed by atoms with Crippen molar-refractivity contribution in [2.24, 2.45) is 0 Å². The van der Waals surface area contributed by atoms with Crippen LogP contribution < -0.4 is 24.8 Å². The molecule has 0 saturated carbocycles. The maximum Gasteiger partial charge on any atom is -1.00 e. The molecule has 0 radical (unpaired) electrons. The smallest absolute Gasteiger partial charge is 1.00 e. The number of fused-ring (bicyclic) bond motifs is 3. The van der Waals surface area contributed by atoms with Crippen LogP contribution in [0.4, 0.5) is 0 Å². The third kappa shape index (κ3) is 5.29. The van der Waals surface area contributed by atoms with Gasteiger partial charge in [-0.25, -0.2) is 0 Å². The molecule has 188 valence electrons. The Morgan fingerprint density at radius 1 is 0.487 bits per heavy atom. The summed E-state index contributed by atoms with van der Waals surface area (Å²) < 4.78 is 2.27. The summed E-state index contributed by atoms with van der Waals surface area (Å²) in [6, 6.07) is 46.9. The predicted molar refractivity (Wildman–Crippen MR) is 152 cm³/mol. The molecule has 0 aromatic heterocycles. The summed E-state index contributed by atoms with van der Waals surface area (Å²) in [7, 11) is 0. The molecule has 0 aliphatic heterocycles. The van der Waals surface area contributed by atoms with Crippen LogP contribution in [0, 0.1) is 0 Å². The van der Waals surface area contributed by atoms with E-state index < -0.39 is 23.2 Å². The molecule has 0 fully saturated rings. The van der Waals surface area contributed by atoms with Crippen molar-refractivity contribution in [3.05, 3.63) is 160 Å². The normalized spacial score (nSPS) is 13.2. The molecule has 0 atom stereocenters. The van der Waals surface area contributed by atoms with Gasteiger partial charge in [-0.2, -0.15) is 0 Å². The van der Waals surface area contributed by atoms with Crippen LogP contribution in [0.2, 0.25) is 0 Å². The first-order valence-corrected chi connectivity index (χ1v) is 15.6. The van der Waals surface area contributed by atoms with Crippen LogP contribution >= 0.6 is 0 Å². The van der Waals surface area contributed by atoms with E-state index in [1.54, 1.807) is 3.28 Å². The maximum atomic E-state index is 2.41. The van der Waals surface area contributed by atoms with E-state index in [9.17, 15) is 0 Å². The second-order valence-corrected chi connectivity index (χ2v) is 13.4. The zero-order valence-electron chi connectivity index (χ0n) is 21.3. The second-order valence-electron chi connectivity index (χ2n) is 9.78. The SMILES string of the molecule is C1=CC(c2cc(-c3ccccc3)cc(-c3ccccc3)c2)=[C]([Zr+2][CH]2c3ccccc3-c3ccccc32)C1.[Cl-].[Cl-]. The summed E-state index contributed by atoms with van der Waals surface area (Å²) in [6.45, 7) is 0. The van der Waals surface area contributed by atoms with E-state index in [0.29, 0.717) is 3.63 Å². The molecule has 0 nitrogen and oxygen atoms in total. The third-order valence-corrected chi connectivity index (χ3v) is 11.8. The average Bonchev–Trinajstić information content (AvgIpc) is 3.57. The molecule has 39 heavy (non-hydrogen) atoms. The van der Waals surface area contributed by atoms with Crippen LogP contribution in [0.3, 0.4) is 0 Å². The minimum absolute atomic E-state index is 0. The first-order chi connectivity index (χ1) is 18.3. The molecule has 5 aromatic rings. The quantitative estimate of drug-likeness (QED) is 0.282. The Morgan fingerprint density at radius 3 is 1.49 bits per heavy atom. The van der Waals surface area contributed by atoms with Crippen LogP contribution in [0.15, 0.2) is 143 Å². The molecule has 0 bridgehead atoms. The third-order valence-electron chi connectivity index (χ3n) is 7.54. The van der Waals surface area contributed by atoms with Gasteiger partial charge in [-0.05, 0) is 0 Å². The fraction of sp³-hybridized carbons (Fsp3) is 0.0556. The van der Waals surface area contributed by atoms with Gasteiger partial charge in [0.2, 0.25) is 0 Å². The van der Waals surface area contributed by atoms with Gasteiger partial charge in [0.1, 0.15) is 0 Å². The molecular formula is C36H26Cl2Zr. The van der Waals surface area contributed by atoms with Crippen LogP contribution in [-0.2, 0) is 23.2 Å². The van der Waals surface area contributed by atoms with Crippen molar-refractivity contribution >= 4 is 5.57 Å². The van der Waals surface area contributed by atoms with E-state index in [1.165, 1.54) is 55.6 Å². The van der Waals surface area contributed by atoms with Gasteiger partial charge in [0.05, 0.1) is 0 Å². The van der Waals surface area contributed by atoms with Crippen molar-refractivity contribution in [1.29, 1.82) is 0 Å². The molecule has 0 heterocycles. The monoisotopic (exact) mass is 618 g/mol. The minimum atomic E-state index is -0.942. The van der Waals surface area contributed by atoms with E-state index in [-0.39, 0.29) is 24.8 Å². The molecule has 0 unspecified atom stereocenters. The van der Waals surface area contributed by atoms with E-state index >= 15 is 0 Å². The summed E-state index contributed by atoms with van der Waals surface area (Å²) in [4.78, 5) is 0. The Hall–Kier alpha value is -2.96. The van der Waals surface area contributed by atoms with E-state index in [2.05, 4.69) is 140 Å². The van der Waals surface area contributed by atoms with Crippen molar-refractivity contribution in [2.75, 3.05) is 0 Å². The molecule has 0 saturated heterocycles. The molecule has 7 rings (SSSR count). The molecule has 2 aliphatic rings. The Kier molecular flexibility index (Phi) is 8.53. The van der Waals surface area contributed by atoms with Crippen molar-refractivity contribution < 1.29 is 48.0 Å². The molecule has 5 aromatic carbocycles. The fourth-order valence-electron chi connectivity index (χ4n) is 5.78. The molecule has 0 N–H and O–H groups in total. The topological polar surface area (TPSA) is 0 Å². The number of hydrogen-bond donors (Lipinski definition) is 0. The number of hydrogen-bond acceptors (Lipinski definition) is 0. The van der Waals surface area contributed by atoms with Gasteiger partial charge in [0.15, 0.2) is 0 Å². The number of halogens is 2. The van der Waals surface area contributed by atoms with E-state index in [4.69, 9.17) is 0 Å². The molecule has 2 aliphatic carbocycles. The van der Waals surface area contributed by atoms with Crippen molar-refractivity contribution in [3.63, 3.8) is 0 Å². The van der Waals surface area contributed by atoms with Gasteiger partial charge in [0, 0.05) is 0 Å². The number of benzene rings is 5. The number of allylic oxidation sites excluding steroid dienone is 4. The van der Waals surface area contributed by atoms with Crippen LogP contribution in [0.5, 0.6) is 0 Å². The summed E-state index contributed by atoms with van der Waals surface area (Å²) in [5, 5.41) is 0. The average molecular weight is 621 g/mol. The van der Waals surface area contributed by atoms with Crippen molar-refractivity contribution in [3.8, 4) is 33.4 Å². The van der Waals surface area contributed by atoms with Crippen LogP contribution in [0.1, 0.15) is 26.7 Å². The van der Waals surface area contributed by atoms with Gasteiger partial charge in [0.25, 0.3) is 0 Å². The molecule has 0 amide bonds. The second kappa shape index (κ2) is 12.1.